The Kier molecular flexibility index (Phi) is 5.66. The summed E-state index contributed by atoms with van der Waals surface area (Å²) in [5.41, 5.74) is 1.24. The van der Waals surface area contributed by atoms with E-state index >= 15 is 0 Å². The lowest BCUT2D eigenvalue weighted by molar-refractivity contribution is -0.0137. The van der Waals surface area contributed by atoms with Crippen LogP contribution < -0.4 is 5.32 Å². The Bertz CT molecular complexity index is 308. The second-order valence-electron chi connectivity index (χ2n) is 5.13. The van der Waals surface area contributed by atoms with Crippen molar-refractivity contribution in [1.82, 2.24) is 5.32 Å². The largest absolute Gasteiger partial charge is 0.369 e. The van der Waals surface area contributed by atoms with Crippen molar-refractivity contribution >= 4 is 0 Å². The van der Waals surface area contributed by atoms with Crippen molar-refractivity contribution in [2.75, 3.05) is 0 Å². The maximum absolute atomic E-state index is 6.04. The fourth-order valence-electron chi connectivity index (χ4n) is 2.03. The van der Waals surface area contributed by atoms with Gasteiger partial charge in [0.2, 0.25) is 0 Å². The number of nitrogens with one attached hydrogen (secondary N) is 1. The second-order valence-corrected chi connectivity index (χ2v) is 5.13. The molecule has 0 aliphatic carbocycles. The molecule has 0 radical (unpaired) electrons. The van der Waals surface area contributed by atoms with Crippen LogP contribution in [0.5, 0.6) is 0 Å². The van der Waals surface area contributed by atoms with Crippen LogP contribution in [0, 0.1) is 0 Å². The number of ether oxygens (including phenoxy) is 1. The summed E-state index contributed by atoms with van der Waals surface area (Å²) in [5.74, 6) is 0. The zero-order chi connectivity index (χ0) is 12.8. The standard InChI is InChI=1S/C15H25NO/c1-11(2)16-13(5)15(17-12(3)4)14-9-7-6-8-10-14/h6-13,15-16H,1-5H3. The fraction of sp³-hybridized carbons (Fsp3) is 0.600. The maximum Gasteiger partial charge on any atom is 0.0978 e. The first-order valence-corrected chi connectivity index (χ1v) is 6.47. The minimum atomic E-state index is 0.110. The van der Waals surface area contributed by atoms with Gasteiger partial charge in [-0.2, -0.15) is 0 Å². The third-order valence-electron chi connectivity index (χ3n) is 2.60. The van der Waals surface area contributed by atoms with Gasteiger partial charge in [-0.15, -0.1) is 0 Å². The SMILES string of the molecule is CC(C)NC(C)C(OC(C)C)c1ccccc1. The van der Waals surface area contributed by atoms with Crippen molar-refractivity contribution in [2.45, 2.75) is 58.9 Å². The van der Waals surface area contributed by atoms with Gasteiger partial charge in [-0.05, 0) is 26.3 Å². The molecule has 0 amide bonds. The average molecular weight is 235 g/mol. The van der Waals surface area contributed by atoms with Gasteiger partial charge in [-0.1, -0.05) is 44.2 Å². The molecular weight excluding hydrogens is 210 g/mol. The quantitative estimate of drug-likeness (QED) is 0.814. The van der Waals surface area contributed by atoms with Crippen molar-refractivity contribution in [3.05, 3.63) is 35.9 Å². The van der Waals surface area contributed by atoms with Crippen molar-refractivity contribution in [1.29, 1.82) is 0 Å². The molecule has 17 heavy (non-hydrogen) atoms. The summed E-state index contributed by atoms with van der Waals surface area (Å²) in [6, 6.07) is 11.2. The zero-order valence-electron chi connectivity index (χ0n) is 11.6. The van der Waals surface area contributed by atoms with E-state index in [4.69, 9.17) is 4.74 Å². The summed E-state index contributed by atoms with van der Waals surface area (Å²) in [6.07, 6.45) is 0.343. The summed E-state index contributed by atoms with van der Waals surface area (Å²) in [7, 11) is 0. The monoisotopic (exact) mass is 235 g/mol. The fourth-order valence-corrected chi connectivity index (χ4v) is 2.03. The van der Waals surface area contributed by atoms with Gasteiger partial charge < -0.3 is 10.1 Å². The van der Waals surface area contributed by atoms with Crippen LogP contribution in [0.2, 0.25) is 0 Å². The molecule has 0 fully saturated rings. The molecule has 2 nitrogen and oxygen atoms in total. The highest BCUT2D eigenvalue weighted by atomic mass is 16.5. The van der Waals surface area contributed by atoms with Crippen LogP contribution >= 0.6 is 0 Å². The van der Waals surface area contributed by atoms with Crippen molar-refractivity contribution < 1.29 is 4.74 Å². The normalized spacial score (nSPS) is 15.2. The van der Waals surface area contributed by atoms with E-state index in [1.165, 1.54) is 5.56 Å². The molecule has 0 aliphatic heterocycles. The van der Waals surface area contributed by atoms with Crippen molar-refractivity contribution in [2.24, 2.45) is 0 Å². The molecule has 2 unspecified atom stereocenters. The Morgan fingerprint density at radius 2 is 1.53 bits per heavy atom. The van der Waals surface area contributed by atoms with Gasteiger partial charge in [0, 0.05) is 12.1 Å². The van der Waals surface area contributed by atoms with Crippen LogP contribution in [-0.2, 0) is 4.74 Å². The van der Waals surface area contributed by atoms with Gasteiger partial charge in [0.1, 0.15) is 0 Å². The lowest BCUT2D eigenvalue weighted by Gasteiger charge is -2.29. The van der Waals surface area contributed by atoms with Gasteiger partial charge in [0.05, 0.1) is 12.2 Å². The van der Waals surface area contributed by atoms with E-state index in [0.717, 1.165) is 0 Å². The first kappa shape index (κ1) is 14.2. The predicted octanol–water partition coefficient (Wildman–Crippen LogP) is 3.54. The minimum Gasteiger partial charge on any atom is -0.369 e. The number of hydrogen-bond donors (Lipinski definition) is 1. The Morgan fingerprint density at radius 1 is 0.941 bits per heavy atom. The average Bonchev–Trinajstić information content (AvgIpc) is 2.25. The van der Waals surface area contributed by atoms with Gasteiger partial charge in [-0.3, -0.25) is 0 Å². The number of hydrogen-bond acceptors (Lipinski definition) is 2. The summed E-state index contributed by atoms with van der Waals surface area (Å²) in [4.78, 5) is 0. The van der Waals surface area contributed by atoms with E-state index in [1.807, 2.05) is 6.07 Å². The van der Waals surface area contributed by atoms with Crippen LogP contribution in [0.15, 0.2) is 30.3 Å². The molecule has 2 heteroatoms. The molecule has 1 rings (SSSR count). The first-order chi connectivity index (χ1) is 8.00. The van der Waals surface area contributed by atoms with E-state index in [-0.39, 0.29) is 12.2 Å². The third kappa shape index (κ3) is 4.88. The maximum atomic E-state index is 6.04. The molecule has 0 bridgehead atoms. The lowest BCUT2D eigenvalue weighted by Crippen LogP contribution is -2.38. The molecule has 0 heterocycles. The van der Waals surface area contributed by atoms with Gasteiger partial charge >= 0.3 is 0 Å². The Morgan fingerprint density at radius 3 is 2.00 bits per heavy atom. The summed E-state index contributed by atoms with van der Waals surface area (Å²) in [5, 5.41) is 3.52. The highest BCUT2D eigenvalue weighted by Crippen LogP contribution is 2.23. The summed E-state index contributed by atoms with van der Waals surface area (Å²) < 4.78 is 6.04. The predicted molar refractivity (Wildman–Crippen MR) is 73.1 cm³/mol. The smallest absolute Gasteiger partial charge is 0.0978 e. The molecule has 0 saturated heterocycles. The lowest BCUT2D eigenvalue weighted by atomic mass is 10.0. The van der Waals surface area contributed by atoms with E-state index < -0.39 is 0 Å². The van der Waals surface area contributed by atoms with E-state index in [9.17, 15) is 0 Å². The van der Waals surface area contributed by atoms with E-state index in [2.05, 4.69) is 64.2 Å². The highest BCUT2D eigenvalue weighted by Gasteiger charge is 2.21. The molecule has 2 atom stereocenters. The molecule has 0 spiro atoms. The van der Waals surface area contributed by atoms with E-state index in [0.29, 0.717) is 12.1 Å². The van der Waals surface area contributed by atoms with Gasteiger partial charge in [-0.25, -0.2) is 0 Å². The molecule has 96 valence electrons. The minimum absolute atomic E-state index is 0.110. The Balaban J connectivity index is 2.80. The molecule has 0 aromatic heterocycles. The summed E-state index contributed by atoms with van der Waals surface area (Å²) in [6.45, 7) is 10.7. The molecule has 0 aliphatic rings. The molecule has 1 N–H and O–H groups in total. The summed E-state index contributed by atoms with van der Waals surface area (Å²) >= 11 is 0. The van der Waals surface area contributed by atoms with Gasteiger partial charge in [0.25, 0.3) is 0 Å². The highest BCUT2D eigenvalue weighted by molar-refractivity contribution is 5.19. The van der Waals surface area contributed by atoms with Crippen LogP contribution in [0.25, 0.3) is 0 Å². The second kappa shape index (κ2) is 6.77. The van der Waals surface area contributed by atoms with Crippen molar-refractivity contribution in [3.8, 4) is 0 Å². The zero-order valence-corrected chi connectivity index (χ0v) is 11.6. The number of benzene rings is 1. The van der Waals surface area contributed by atoms with Crippen molar-refractivity contribution in [3.63, 3.8) is 0 Å². The van der Waals surface area contributed by atoms with E-state index in [1.54, 1.807) is 0 Å². The van der Waals surface area contributed by atoms with Crippen LogP contribution in [0.3, 0.4) is 0 Å². The number of rotatable bonds is 6. The molecule has 0 saturated carbocycles. The molecule has 1 aromatic rings. The Hall–Kier alpha value is -0.860. The van der Waals surface area contributed by atoms with Gasteiger partial charge in [0.15, 0.2) is 0 Å². The third-order valence-corrected chi connectivity index (χ3v) is 2.60. The topological polar surface area (TPSA) is 21.3 Å². The molecule has 1 aromatic carbocycles. The molecular formula is C15H25NO. The first-order valence-electron chi connectivity index (χ1n) is 6.47. The van der Waals surface area contributed by atoms with Crippen LogP contribution in [0.1, 0.15) is 46.3 Å². The Labute approximate surface area is 105 Å². The van der Waals surface area contributed by atoms with Crippen LogP contribution in [-0.4, -0.2) is 18.2 Å². The van der Waals surface area contributed by atoms with Crippen LogP contribution in [0.4, 0.5) is 0 Å².